The summed E-state index contributed by atoms with van der Waals surface area (Å²) < 4.78 is 0. The minimum atomic E-state index is 0.257. The summed E-state index contributed by atoms with van der Waals surface area (Å²) in [6, 6.07) is 0. The normalized spacial score (nSPS) is 28.4. The molecule has 0 aromatic rings. The zero-order chi connectivity index (χ0) is 9.14. The van der Waals surface area contributed by atoms with Gasteiger partial charge in [-0.05, 0) is 39.3 Å². The van der Waals surface area contributed by atoms with E-state index in [1.807, 2.05) is 0 Å². The first-order valence-electron chi connectivity index (χ1n) is 4.80. The van der Waals surface area contributed by atoms with Gasteiger partial charge in [-0.15, -0.1) is 0 Å². The van der Waals surface area contributed by atoms with Gasteiger partial charge in [0.2, 0.25) is 0 Å². The Morgan fingerprint density at radius 1 is 1.58 bits per heavy atom. The van der Waals surface area contributed by atoms with Crippen molar-refractivity contribution in [3.63, 3.8) is 0 Å². The minimum absolute atomic E-state index is 0.257. The van der Waals surface area contributed by atoms with Crippen LogP contribution in [0.5, 0.6) is 0 Å². The molecule has 1 heterocycles. The first-order valence-corrected chi connectivity index (χ1v) is 4.80. The van der Waals surface area contributed by atoms with E-state index >= 15 is 0 Å². The van der Waals surface area contributed by atoms with Crippen LogP contribution in [0.25, 0.3) is 0 Å². The van der Waals surface area contributed by atoms with Crippen LogP contribution in [0.3, 0.4) is 0 Å². The molecule has 0 bridgehead atoms. The minimum Gasteiger partial charge on any atom is -0.306 e. The second kappa shape index (κ2) is 4.04. The number of carbonyl (C=O) groups excluding carboxylic acids is 1. The Labute approximate surface area is 74.9 Å². The molecule has 0 aromatic carbocycles. The topological polar surface area (TPSA) is 20.3 Å². The Kier molecular flexibility index (Phi) is 3.27. The van der Waals surface area contributed by atoms with Gasteiger partial charge >= 0.3 is 0 Å². The van der Waals surface area contributed by atoms with Crippen molar-refractivity contribution >= 4 is 5.78 Å². The molecule has 0 spiro atoms. The van der Waals surface area contributed by atoms with E-state index in [9.17, 15) is 4.79 Å². The van der Waals surface area contributed by atoms with Crippen molar-refractivity contribution in [3.8, 4) is 0 Å². The van der Waals surface area contributed by atoms with Gasteiger partial charge in [0.1, 0.15) is 5.78 Å². The zero-order valence-corrected chi connectivity index (χ0v) is 8.34. The average molecular weight is 169 g/mol. The lowest BCUT2D eigenvalue weighted by Crippen LogP contribution is -2.36. The number of hydrogen-bond acceptors (Lipinski definition) is 2. The molecular formula is C10H19NO. The van der Waals surface area contributed by atoms with E-state index in [-0.39, 0.29) is 5.92 Å². The van der Waals surface area contributed by atoms with Gasteiger partial charge in [0.15, 0.2) is 0 Å². The molecule has 2 unspecified atom stereocenters. The molecule has 0 radical (unpaired) electrons. The lowest BCUT2D eigenvalue weighted by atomic mass is 9.85. The predicted octanol–water partition coefficient (Wildman–Crippen LogP) is 1.55. The van der Waals surface area contributed by atoms with Gasteiger partial charge in [-0.3, -0.25) is 4.79 Å². The summed E-state index contributed by atoms with van der Waals surface area (Å²) in [6.07, 6.45) is 2.48. The molecule has 1 rings (SSSR count). The molecule has 0 aromatic heterocycles. The fourth-order valence-corrected chi connectivity index (χ4v) is 1.95. The molecule has 1 fully saturated rings. The van der Waals surface area contributed by atoms with E-state index in [0.29, 0.717) is 11.7 Å². The molecule has 1 aliphatic rings. The van der Waals surface area contributed by atoms with Crippen LogP contribution in [0, 0.1) is 11.8 Å². The van der Waals surface area contributed by atoms with Gasteiger partial charge in [0.05, 0.1) is 0 Å². The highest BCUT2D eigenvalue weighted by Gasteiger charge is 2.24. The summed E-state index contributed by atoms with van der Waals surface area (Å²) in [7, 11) is 2.14. The van der Waals surface area contributed by atoms with Gasteiger partial charge in [-0.25, -0.2) is 0 Å². The van der Waals surface area contributed by atoms with Crippen molar-refractivity contribution in [1.29, 1.82) is 0 Å². The van der Waals surface area contributed by atoms with Crippen molar-refractivity contribution in [3.05, 3.63) is 0 Å². The summed E-state index contributed by atoms with van der Waals surface area (Å²) in [4.78, 5) is 13.5. The van der Waals surface area contributed by atoms with Gasteiger partial charge in [-0.1, -0.05) is 6.92 Å². The van der Waals surface area contributed by atoms with Crippen LogP contribution in [0.4, 0.5) is 0 Å². The van der Waals surface area contributed by atoms with E-state index in [2.05, 4.69) is 18.9 Å². The molecule has 2 heteroatoms. The van der Waals surface area contributed by atoms with Gasteiger partial charge in [0.25, 0.3) is 0 Å². The van der Waals surface area contributed by atoms with Crippen molar-refractivity contribution in [2.45, 2.75) is 26.7 Å². The van der Waals surface area contributed by atoms with E-state index in [1.54, 1.807) is 6.92 Å². The molecule has 2 atom stereocenters. The molecule has 1 saturated heterocycles. The van der Waals surface area contributed by atoms with Gasteiger partial charge in [0, 0.05) is 12.5 Å². The Hall–Kier alpha value is -0.370. The van der Waals surface area contributed by atoms with Crippen molar-refractivity contribution in [1.82, 2.24) is 4.90 Å². The molecule has 2 nitrogen and oxygen atoms in total. The average Bonchev–Trinajstić information content (AvgIpc) is 2.03. The third-order valence-electron chi connectivity index (χ3n) is 3.01. The van der Waals surface area contributed by atoms with Crippen LogP contribution in [0.15, 0.2) is 0 Å². The number of Topliss-reactive ketones (excluding diaryl/α,β-unsaturated/α-hetero) is 1. The van der Waals surface area contributed by atoms with Crippen LogP contribution in [0.1, 0.15) is 26.7 Å². The number of nitrogens with zero attached hydrogens (tertiary/aromatic N) is 1. The Morgan fingerprint density at radius 2 is 2.25 bits per heavy atom. The van der Waals surface area contributed by atoms with Crippen molar-refractivity contribution < 1.29 is 4.79 Å². The van der Waals surface area contributed by atoms with Crippen molar-refractivity contribution in [2.75, 3.05) is 20.1 Å². The zero-order valence-electron chi connectivity index (χ0n) is 8.34. The molecular weight excluding hydrogens is 150 g/mol. The lowest BCUT2D eigenvalue weighted by Gasteiger charge is -2.32. The largest absolute Gasteiger partial charge is 0.306 e. The lowest BCUT2D eigenvalue weighted by molar-refractivity contribution is -0.122. The highest BCUT2D eigenvalue weighted by atomic mass is 16.1. The van der Waals surface area contributed by atoms with Crippen LogP contribution in [-0.2, 0) is 4.79 Å². The third-order valence-corrected chi connectivity index (χ3v) is 3.01. The molecule has 0 amide bonds. The summed E-state index contributed by atoms with van der Waals surface area (Å²) in [6.45, 7) is 6.06. The quantitative estimate of drug-likeness (QED) is 0.625. The summed E-state index contributed by atoms with van der Waals surface area (Å²) in [5.41, 5.74) is 0. The smallest absolute Gasteiger partial charge is 0.132 e. The third kappa shape index (κ3) is 2.31. The summed E-state index contributed by atoms with van der Waals surface area (Å²) in [5.74, 6) is 1.20. The summed E-state index contributed by atoms with van der Waals surface area (Å²) in [5, 5.41) is 0. The standard InChI is InChI=1S/C10H19NO/c1-8(9(2)12)10-5-4-6-11(3)7-10/h8,10H,4-7H2,1-3H3. The fourth-order valence-electron chi connectivity index (χ4n) is 1.95. The van der Waals surface area contributed by atoms with E-state index in [1.165, 1.54) is 19.4 Å². The highest BCUT2D eigenvalue weighted by Crippen LogP contribution is 2.23. The van der Waals surface area contributed by atoms with Crippen molar-refractivity contribution in [2.24, 2.45) is 11.8 Å². The fraction of sp³-hybridized carbons (Fsp3) is 0.900. The number of carbonyl (C=O) groups is 1. The predicted molar refractivity (Wildman–Crippen MR) is 50.1 cm³/mol. The number of piperidine rings is 1. The number of ketones is 1. The number of likely N-dealkylation sites (tertiary alicyclic amines) is 1. The molecule has 70 valence electrons. The second-order valence-electron chi connectivity index (χ2n) is 4.06. The molecule has 0 aliphatic carbocycles. The van der Waals surface area contributed by atoms with Gasteiger partial charge in [-0.2, -0.15) is 0 Å². The van der Waals surface area contributed by atoms with Crippen LogP contribution < -0.4 is 0 Å². The molecule has 1 aliphatic heterocycles. The highest BCUT2D eigenvalue weighted by molar-refractivity contribution is 5.78. The molecule has 12 heavy (non-hydrogen) atoms. The monoisotopic (exact) mass is 169 g/mol. The molecule has 0 N–H and O–H groups in total. The first kappa shape index (κ1) is 9.72. The Morgan fingerprint density at radius 3 is 2.75 bits per heavy atom. The second-order valence-corrected chi connectivity index (χ2v) is 4.06. The maximum Gasteiger partial charge on any atom is 0.132 e. The Bertz CT molecular complexity index is 167. The van der Waals surface area contributed by atoms with E-state index in [0.717, 1.165) is 6.54 Å². The van der Waals surface area contributed by atoms with E-state index < -0.39 is 0 Å². The Balaban J connectivity index is 2.45. The van der Waals surface area contributed by atoms with Crippen LogP contribution >= 0.6 is 0 Å². The maximum absolute atomic E-state index is 11.1. The van der Waals surface area contributed by atoms with E-state index in [4.69, 9.17) is 0 Å². The summed E-state index contributed by atoms with van der Waals surface area (Å²) >= 11 is 0. The van der Waals surface area contributed by atoms with Crippen LogP contribution in [0.2, 0.25) is 0 Å². The number of rotatable bonds is 2. The first-order chi connectivity index (χ1) is 5.61. The maximum atomic E-state index is 11.1. The SMILES string of the molecule is CC(=O)C(C)C1CCCN(C)C1. The molecule has 0 saturated carbocycles. The van der Waals surface area contributed by atoms with Gasteiger partial charge < -0.3 is 4.90 Å². The number of hydrogen-bond donors (Lipinski definition) is 0. The van der Waals surface area contributed by atoms with Crippen LogP contribution in [-0.4, -0.2) is 30.8 Å².